The number of ether oxygens (including phenoxy) is 1. The van der Waals surface area contributed by atoms with Crippen molar-refractivity contribution in [3.8, 4) is 5.75 Å². The Morgan fingerprint density at radius 3 is 2.96 bits per heavy atom. The summed E-state index contributed by atoms with van der Waals surface area (Å²) in [5, 5.41) is 5.70. The summed E-state index contributed by atoms with van der Waals surface area (Å²) < 4.78 is 18.7. The molecule has 23 heavy (non-hydrogen) atoms. The maximum absolute atomic E-state index is 13.5. The van der Waals surface area contributed by atoms with Gasteiger partial charge in [0.25, 0.3) is 0 Å². The van der Waals surface area contributed by atoms with Crippen molar-refractivity contribution in [3.63, 3.8) is 0 Å². The maximum atomic E-state index is 13.5. The molecule has 0 unspecified atom stereocenters. The topological polar surface area (TPSA) is 50.4 Å². The lowest BCUT2D eigenvalue weighted by molar-refractivity contribution is 0.248. The van der Waals surface area contributed by atoms with E-state index in [-0.39, 0.29) is 17.9 Å². The second-order valence-electron chi connectivity index (χ2n) is 5.17. The van der Waals surface area contributed by atoms with Crippen LogP contribution in [0.1, 0.15) is 18.0 Å². The fraction of sp³-hybridized carbons (Fsp3) is 0.235. The van der Waals surface area contributed by atoms with Gasteiger partial charge in [0.2, 0.25) is 0 Å². The van der Waals surface area contributed by atoms with E-state index in [1.807, 2.05) is 12.1 Å². The minimum atomic E-state index is -0.332. The number of nitrogens with one attached hydrogen (secondary N) is 2. The summed E-state index contributed by atoms with van der Waals surface area (Å²) in [5.41, 5.74) is 1.42. The molecule has 0 aliphatic carbocycles. The van der Waals surface area contributed by atoms with Crippen molar-refractivity contribution in [1.29, 1.82) is 0 Å². The Hall–Kier alpha value is -2.21. The van der Waals surface area contributed by atoms with E-state index in [0.717, 1.165) is 22.6 Å². The average Bonchev–Trinajstić information content (AvgIpc) is 2.56. The van der Waals surface area contributed by atoms with Crippen molar-refractivity contribution in [2.24, 2.45) is 0 Å². The summed E-state index contributed by atoms with van der Waals surface area (Å²) >= 11 is 1.68. The predicted octanol–water partition coefficient (Wildman–Crippen LogP) is 4.19. The molecule has 2 amide bonds. The van der Waals surface area contributed by atoms with Gasteiger partial charge in [-0.15, -0.1) is 11.8 Å². The Kier molecular flexibility index (Phi) is 4.71. The standard InChI is InChI=1S/C17H17FN2O2S/c1-22-15-5-3-2-4-14(15)20-17(21)19-13-8-9-23-16-7-6-11(18)10-12(13)16/h2-7,10,13H,8-9H2,1H3,(H2,19,20,21)/t13-/m1/s1. The smallest absolute Gasteiger partial charge is 0.319 e. The predicted molar refractivity (Wildman–Crippen MR) is 89.6 cm³/mol. The van der Waals surface area contributed by atoms with Crippen LogP contribution in [0.25, 0.3) is 0 Å². The van der Waals surface area contributed by atoms with Crippen LogP contribution >= 0.6 is 11.8 Å². The molecule has 0 aromatic heterocycles. The van der Waals surface area contributed by atoms with Crippen molar-refractivity contribution >= 4 is 23.5 Å². The van der Waals surface area contributed by atoms with Gasteiger partial charge in [-0.2, -0.15) is 0 Å². The Bertz CT molecular complexity index is 723. The average molecular weight is 332 g/mol. The fourth-order valence-corrected chi connectivity index (χ4v) is 3.69. The van der Waals surface area contributed by atoms with Crippen LogP contribution in [0.2, 0.25) is 0 Å². The van der Waals surface area contributed by atoms with Crippen molar-refractivity contribution in [3.05, 3.63) is 53.8 Å². The van der Waals surface area contributed by atoms with E-state index in [4.69, 9.17) is 4.74 Å². The Morgan fingerprint density at radius 2 is 2.13 bits per heavy atom. The zero-order valence-corrected chi connectivity index (χ0v) is 13.5. The summed E-state index contributed by atoms with van der Waals surface area (Å²) in [4.78, 5) is 13.3. The highest BCUT2D eigenvalue weighted by molar-refractivity contribution is 7.99. The maximum Gasteiger partial charge on any atom is 0.319 e. The number of amides is 2. The van der Waals surface area contributed by atoms with Crippen molar-refractivity contribution in [2.75, 3.05) is 18.2 Å². The summed E-state index contributed by atoms with van der Waals surface area (Å²) in [6, 6.07) is 11.4. The molecule has 4 nitrogen and oxygen atoms in total. The van der Waals surface area contributed by atoms with E-state index < -0.39 is 0 Å². The molecule has 1 aliphatic rings. The van der Waals surface area contributed by atoms with E-state index in [0.29, 0.717) is 11.4 Å². The zero-order valence-electron chi connectivity index (χ0n) is 12.6. The summed E-state index contributed by atoms with van der Waals surface area (Å²) in [6.07, 6.45) is 0.764. The van der Waals surface area contributed by atoms with E-state index in [1.54, 1.807) is 37.1 Å². The van der Waals surface area contributed by atoms with Crippen molar-refractivity contribution < 1.29 is 13.9 Å². The van der Waals surface area contributed by atoms with E-state index in [2.05, 4.69) is 10.6 Å². The van der Waals surface area contributed by atoms with Gasteiger partial charge >= 0.3 is 6.03 Å². The first-order chi connectivity index (χ1) is 11.2. The summed E-state index contributed by atoms with van der Waals surface area (Å²) in [5.74, 6) is 1.19. The molecule has 2 aromatic rings. The molecule has 1 aliphatic heterocycles. The molecule has 2 N–H and O–H groups in total. The van der Waals surface area contributed by atoms with Gasteiger partial charge in [0, 0.05) is 10.6 Å². The molecular weight excluding hydrogens is 315 g/mol. The van der Waals surface area contributed by atoms with Gasteiger partial charge in [-0.05, 0) is 42.3 Å². The van der Waals surface area contributed by atoms with Crippen LogP contribution < -0.4 is 15.4 Å². The van der Waals surface area contributed by atoms with E-state index in [1.165, 1.54) is 12.1 Å². The number of hydrogen-bond donors (Lipinski definition) is 2. The van der Waals surface area contributed by atoms with Crippen LogP contribution in [0.3, 0.4) is 0 Å². The number of anilines is 1. The minimum Gasteiger partial charge on any atom is -0.495 e. The number of halogens is 1. The number of thioether (sulfide) groups is 1. The first kappa shape index (κ1) is 15.7. The van der Waals surface area contributed by atoms with Gasteiger partial charge in [-0.25, -0.2) is 9.18 Å². The molecule has 1 atom stereocenters. The van der Waals surface area contributed by atoms with Crippen molar-refractivity contribution in [1.82, 2.24) is 5.32 Å². The molecule has 1 heterocycles. The number of fused-ring (bicyclic) bond motifs is 1. The molecule has 3 rings (SSSR count). The lowest BCUT2D eigenvalue weighted by Crippen LogP contribution is -2.34. The molecule has 0 fully saturated rings. The Balaban J connectivity index is 1.73. The van der Waals surface area contributed by atoms with E-state index >= 15 is 0 Å². The van der Waals surface area contributed by atoms with Crippen LogP contribution in [0, 0.1) is 5.82 Å². The molecule has 6 heteroatoms. The molecule has 0 saturated carbocycles. The number of benzene rings is 2. The number of rotatable bonds is 3. The van der Waals surface area contributed by atoms with Gasteiger partial charge < -0.3 is 15.4 Å². The van der Waals surface area contributed by atoms with Crippen LogP contribution in [0.15, 0.2) is 47.4 Å². The quantitative estimate of drug-likeness (QED) is 0.886. The molecule has 0 spiro atoms. The van der Waals surface area contributed by atoms with Gasteiger partial charge in [-0.1, -0.05) is 12.1 Å². The highest BCUT2D eigenvalue weighted by atomic mass is 32.2. The Labute approximate surface area is 138 Å². The SMILES string of the molecule is COc1ccccc1NC(=O)N[C@@H]1CCSc2ccc(F)cc21. The molecule has 0 saturated heterocycles. The number of hydrogen-bond acceptors (Lipinski definition) is 3. The third kappa shape index (κ3) is 3.59. The number of urea groups is 1. The normalized spacial score (nSPS) is 16.3. The van der Waals surface area contributed by atoms with Gasteiger partial charge in [0.05, 0.1) is 18.8 Å². The van der Waals surface area contributed by atoms with Crippen LogP contribution in [0.4, 0.5) is 14.9 Å². The van der Waals surface area contributed by atoms with Crippen molar-refractivity contribution in [2.45, 2.75) is 17.4 Å². The third-order valence-electron chi connectivity index (χ3n) is 3.67. The lowest BCUT2D eigenvalue weighted by Gasteiger charge is -2.26. The highest BCUT2D eigenvalue weighted by Crippen LogP contribution is 2.36. The molecule has 2 aromatic carbocycles. The van der Waals surface area contributed by atoms with Crippen LogP contribution in [-0.4, -0.2) is 18.9 Å². The largest absolute Gasteiger partial charge is 0.495 e. The molecule has 0 radical (unpaired) electrons. The first-order valence-electron chi connectivity index (χ1n) is 7.30. The minimum absolute atomic E-state index is 0.198. The monoisotopic (exact) mass is 332 g/mol. The Morgan fingerprint density at radius 1 is 1.30 bits per heavy atom. The summed E-state index contributed by atoms with van der Waals surface area (Å²) in [6.45, 7) is 0. The summed E-state index contributed by atoms with van der Waals surface area (Å²) in [7, 11) is 1.55. The third-order valence-corrected chi connectivity index (χ3v) is 4.79. The van der Waals surface area contributed by atoms with Gasteiger partial charge in [0.1, 0.15) is 11.6 Å². The first-order valence-corrected chi connectivity index (χ1v) is 8.28. The molecule has 0 bridgehead atoms. The number of carbonyl (C=O) groups is 1. The zero-order chi connectivity index (χ0) is 16.2. The second kappa shape index (κ2) is 6.91. The van der Waals surface area contributed by atoms with Crippen LogP contribution in [-0.2, 0) is 0 Å². The number of methoxy groups -OCH3 is 1. The molecular formula is C17H17FN2O2S. The highest BCUT2D eigenvalue weighted by Gasteiger charge is 2.23. The molecule has 120 valence electrons. The lowest BCUT2D eigenvalue weighted by atomic mass is 10.0. The van der Waals surface area contributed by atoms with Gasteiger partial charge in [0.15, 0.2) is 0 Å². The number of para-hydroxylation sites is 2. The van der Waals surface area contributed by atoms with Gasteiger partial charge in [-0.3, -0.25) is 0 Å². The second-order valence-corrected chi connectivity index (χ2v) is 6.31. The van der Waals surface area contributed by atoms with E-state index in [9.17, 15) is 9.18 Å². The fourth-order valence-electron chi connectivity index (χ4n) is 2.58. The number of carbonyl (C=O) groups excluding carboxylic acids is 1. The van der Waals surface area contributed by atoms with Crippen LogP contribution in [0.5, 0.6) is 5.75 Å².